The van der Waals surface area contributed by atoms with Gasteiger partial charge in [0.05, 0.1) is 0 Å². The topological polar surface area (TPSA) is 0 Å². The molecule has 0 saturated carbocycles. The zero-order valence-corrected chi connectivity index (χ0v) is 14.0. The van der Waals surface area contributed by atoms with Gasteiger partial charge in [-0.25, -0.2) is 0 Å². The summed E-state index contributed by atoms with van der Waals surface area (Å²) in [5.41, 5.74) is 2.91. The SMILES string of the molecule is C.C.CC.CC.CCC(C)(c1ccccc1)c1ccccc1. The molecule has 126 valence electrons. The molecule has 0 aliphatic rings. The molecule has 0 heteroatoms. The van der Waals surface area contributed by atoms with Gasteiger partial charge in [-0.2, -0.15) is 0 Å². The molecule has 0 heterocycles. The van der Waals surface area contributed by atoms with Crippen LogP contribution in [0.25, 0.3) is 0 Å². The molecule has 0 fully saturated rings. The predicted molar refractivity (Wildman–Crippen MR) is 106 cm³/mol. The number of hydrogen-bond donors (Lipinski definition) is 0. The Bertz CT molecular complexity index is 389. The molecule has 0 N–H and O–H groups in total. The lowest BCUT2D eigenvalue weighted by molar-refractivity contribution is 0.550. The Morgan fingerprint density at radius 1 is 0.636 bits per heavy atom. The van der Waals surface area contributed by atoms with E-state index >= 15 is 0 Å². The van der Waals surface area contributed by atoms with Gasteiger partial charge in [0.25, 0.3) is 0 Å². The van der Waals surface area contributed by atoms with E-state index in [0.717, 1.165) is 6.42 Å². The van der Waals surface area contributed by atoms with E-state index in [1.165, 1.54) is 11.1 Å². The van der Waals surface area contributed by atoms with Crippen molar-refractivity contribution in [1.29, 1.82) is 0 Å². The Hall–Kier alpha value is -1.56. The molecule has 0 radical (unpaired) electrons. The molecule has 0 bridgehead atoms. The molecule has 0 saturated heterocycles. The molecule has 0 nitrogen and oxygen atoms in total. The summed E-state index contributed by atoms with van der Waals surface area (Å²) in [6.45, 7) is 12.6. The zero-order valence-electron chi connectivity index (χ0n) is 14.0. The molecule has 0 amide bonds. The number of benzene rings is 2. The Kier molecular flexibility index (Phi) is 16.6. The first kappa shape index (κ1) is 25.4. The fraction of sp³-hybridized carbons (Fsp3) is 0.455. The zero-order chi connectivity index (χ0) is 15.4. The van der Waals surface area contributed by atoms with Crippen molar-refractivity contribution < 1.29 is 0 Å². The minimum Gasteiger partial charge on any atom is -0.0776 e. The average molecular weight is 303 g/mol. The summed E-state index contributed by atoms with van der Waals surface area (Å²) in [7, 11) is 0. The van der Waals surface area contributed by atoms with Crippen LogP contribution in [0.2, 0.25) is 0 Å². The molecule has 0 aromatic heterocycles. The highest BCUT2D eigenvalue weighted by atomic mass is 14.3. The fourth-order valence-electron chi connectivity index (χ4n) is 2.19. The summed E-state index contributed by atoms with van der Waals surface area (Å²) in [6.07, 6.45) is 1.11. The van der Waals surface area contributed by atoms with Crippen LogP contribution in [-0.2, 0) is 5.41 Å². The van der Waals surface area contributed by atoms with Crippen LogP contribution in [0.4, 0.5) is 0 Å². The molecule has 0 aliphatic carbocycles. The molecule has 0 spiro atoms. The second kappa shape index (κ2) is 14.4. The standard InChI is InChI=1S/C16H18.2C2H6.2CH4/c1-3-16(2,14-10-6-4-7-11-14)15-12-8-5-9-13-15;2*1-2;;/h4-13H,3H2,1-2H3;2*1-2H3;2*1H4. The lowest BCUT2D eigenvalue weighted by Gasteiger charge is -2.29. The van der Waals surface area contributed by atoms with Crippen molar-refractivity contribution >= 4 is 0 Å². The monoisotopic (exact) mass is 302 g/mol. The van der Waals surface area contributed by atoms with Gasteiger partial charge in [0.1, 0.15) is 0 Å². The molecular weight excluding hydrogens is 264 g/mol. The first-order valence-corrected chi connectivity index (χ1v) is 7.88. The van der Waals surface area contributed by atoms with Crippen LogP contribution >= 0.6 is 0 Å². The maximum atomic E-state index is 2.32. The highest BCUT2D eigenvalue weighted by Crippen LogP contribution is 2.34. The maximum absolute atomic E-state index is 2.32. The summed E-state index contributed by atoms with van der Waals surface area (Å²) in [5, 5.41) is 0. The lowest BCUT2D eigenvalue weighted by Crippen LogP contribution is -2.22. The van der Waals surface area contributed by atoms with E-state index in [9.17, 15) is 0 Å². The third-order valence-corrected chi connectivity index (χ3v) is 3.53. The highest BCUT2D eigenvalue weighted by Gasteiger charge is 2.25. The van der Waals surface area contributed by atoms with Gasteiger partial charge >= 0.3 is 0 Å². The van der Waals surface area contributed by atoms with E-state index in [2.05, 4.69) is 74.5 Å². The van der Waals surface area contributed by atoms with Gasteiger partial charge in [0, 0.05) is 5.41 Å². The van der Waals surface area contributed by atoms with Crippen molar-refractivity contribution in [2.45, 2.75) is 68.2 Å². The Balaban J connectivity index is -0.000000557. The Labute approximate surface area is 140 Å². The third-order valence-electron chi connectivity index (χ3n) is 3.53. The second-order valence-corrected chi connectivity index (χ2v) is 4.42. The Morgan fingerprint density at radius 3 is 1.14 bits per heavy atom. The molecular formula is C22H38. The van der Waals surface area contributed by atoms with Crippen molar-refractivity contribution in [1.82, 2.24) is 0 Å². The lowest BCUT2D eigenvalue weighted by atomic mass is 9.74. The first-order chi connectivity index (χ1) is 9.77. The first-order valence-electron chi connectivity index (χ1n) is 7.88. The largest absolute Gasteiger partial charge is 0.0776 e. The van der Waals surface area contributed by atoms with E-state index in [1.54, 1.807) is 0 Å². The van der Waals surface area contributed by atoms with Gasteiger partial charge < -0.3 is 0 Å². The smallest absolute Gasteiger partial charge is 0.0172 e. The summed E-state index contributed by atoms with van der Waals surface area (Å²) in [6, 6.07) is 21.5. The predicted octanol–water partition coefficient (Wildman–Crippen LogP) is 7.73. The van der Waals surface area contributed by atoms with Crippen molar-refractivity contribution in [2.24, 2.45) is 0 Å². The summed E-state index contributed by atoms with van der Waals surface area (Å²) in [4.78, 5) is 0. The van der Waals surface area contributed by atoms with Gasteiger partial charge in [-0.3, -0.25) is 0 Å². The second-order valence-electron chi connectivity index (χ2n) is 4.42. The molecule has 0 aliphatic heterocycles. The van der Waals surface area contributed by atoms with E-state index in [-0.39, 0.29) is 20.3 Å². The van der Waals surface area contributed by atoms with Crippen LogP contribution in [0.3, 0.4) is 0 Å². The van der Waals surface area contributed by atoms with Gasteiger partial charge in [-0.1, -0.05) is 117 Å². The summed E-state index contributed by atoms with van der Waals surface area (Å²) in [5.74, 6) is 0. The summed E-state index contributed by atoms with van der Waals surface area (Å²) >= 11 is 0. The van der Waals surface area contributed by atoms with E-state index in [0.29, 0.717) is 0 Å². The number of hydrogen-bond acceptors (Lipinski definition) is 0. The van der Waals surface area contributed by atoms with Crippen LogP contribution in [-0.4, -0.2) is 0 Å². The number of rotatable bonds is 3. The minimum absolute atomic E-state index is 0. The normalized spacial score (nSPS) is 8.82. The maximum Gasteiger partial charge on any atom is 0.0172 e. The van der Waals surface area contributed by atoms with Crippen LogP contribution in [0.5, 0.6) is 0 Å². The van der Waals surface area contributed by atoms with Crippen molar-refractivity contribution in [3.8, 4) is 0 Å². The Morgan fingerprint density at radius 2 is 0.909 bits per heavy atom. The van der Waals surface area contributed by atoms with Gasteiger partial charge in [-0.05, 0) is 17.5 Å². The molecule has 2 aromatic carbocycles. The highest BCUT2D eigenvalue weighted by molar-refractivity contribution is 5.37. The van der Waals surface area contributed by atoms with E-state index < -0.39 is 0 Å². The molecule has 0 unspecified atom stereocenters. The average Bonchev–Trinajstić information content (AvgIpc) is 2.59. The van der Waals surface area contributed by atoms with Crippen molar-refractivity contribution in [2.75, 3.05) is 0 Å². The van der Waals surface area contributed by atoms with Gasteiger partial charge in [0.15, 0.2) is 0 Å². The van der Waals surface area contributed by atoms with E-state index in [1.807, 2.05) is 27.7 Å². The van der Waals surface area contributed by atoms with Crippen LogP contribution in [0.1, 0.15) is 73.9 Å². The van der Waals surface area contributed by atoms with Crippen LogP contribution in [0, 0.1) is 0 Å². The molecule has 2 aromatic rings. The molecule has 22 heavy (non-hydrogen) atoms. The third kappa shape index (κ3) is 6.47. The van der Waals surface area contributed by atoms with Crippen molar-refractivity contribution in [3.05, 3.63) is 71.8 Å². The molecule has 0 atom stereocenters. The minimum atomic E-state index is 0. The van der Waals surface area contributed by atoms with Crippen LogP contribution < -0.4 is 0 Å². The molecule has 2 rings (SSSR count). The van der Waals surface area contributed by atoms with Gasteiger partial charge in [-0.15, -0.1) is 0 Å². The van der Waals surface area contributed by atoms with Crippen LogP contribution in [0.15, 0.2) is 60.7 Å². The fourth-order valence-corrected chi connectivity index (χ4v) is 2.19. The van der Waals surface area contributed by atoms with Gasteiger partial charge in [0.2, 0.25) is 0 Å². The summed E-state index contributed by atoms with van der Waals surface area (Å²) < 4.78 is 0. The van der Waals surface area contributed by atoms with E-state index in [4.69, 9.17) is 0 Å². The van der Waals surface area contributed by atoms with Crippen molar-refractivity contribution in [3.63, 3.8) is 0 Å². The quantitative estimate of drug-likeness (QED) is 0.544.